The second-order valence-electron chi connectivity index (χ2n) is 6.22. The van der Waals surface area contributed by atoms with Gasteiger partial charge in [0.1, 0.15) is 23.9 Å². The summed E-state index contributed by atoms with van der Waals surface area (Å²) in [6.07, 6.45) is 1.53. The molecule has 3 aromatic rings. The molecule has 0 heterocycles. The Labute approximate surface area is 180 Å². The number of amides is 1. The first-order chi connectivity index (χ1) is 14.6. The van der Waals surface area contributed by atoms with E-state index in [0.29, 0.717) is 34.4 Å². The van der Waals surface area contributed by atoms with Crippen molar-refractivity contribution in [2.75, 3.05) is 14.2 Å². The molecule has 0 aliphatic rings. The Hall–Kier alpha value is -3.51. The zero-order valence-electron chi connectivity index (χ0n) is 16.6. The van der Waals surface area contributed by atoms with Gasteiger partial charge >= 0.3 is 0 Å². The predicted octanol–water partition coefficient (Wildman–Crippen LogP) is 4.70. The molecule has 1 N–H and O–H groups in total. The highest BCUT2D eigenvalue weighted by atomic mass is 35.5. The fourth-order valence-electron chi connectivity index (χ4n) is 2.71. The van der Waals surface area contributed by atoms with Gasteiger partial charge in [-0.3, -0.25) is 4.79 Å². The van der Waals surface area contributed by atoms with E-state index in [9.17, 15) is 4.79 Å². The monoisotopic (exact) mass is 424 g/mol. The fraction of sp³-hybridized carbons (Fsp3) is 0.130. The smallest absolute Gasteiger partial charge is 0.275 e. The number of halogens is 1. The lowest BCUT2D eigenvalue weighted by Crippen LogP contribution is -2.18. The van der Waals surface area contributed by atoms with Crippen molar-refractivity contribution in [2.45, 2.75) is 6.61 Å². The average Bonchev–Trinajstić information content (AvgIpc) is 2.78. The van der Waals surface area contributed by atoms with Crippen LogP contribution in [0.3, 0.4) is 0 Å². The maximum atomic E-state index is 12.5. The molecule has 0 fully saturated rings. The lowest BCUT2D eigenvalue weighted by Gasteiger charge is -2.10. The number of ether oxygens (including phenoxy) is 3. The van der Waals surface area contributed by atoms with Crippen LogP contribution in [-0.2, 0) is 6.61 Å². The Morgan fingerprint density at radius 1 is 1.00 bits per heavy atom. The fourth-order valence-corrected chi connectivity index (χ4v) is 2.93. The first-order valence-electron chi connectivity index (χ1n) is 9.12. The van der Waals surface area contributed by atoms with Crippen LogP contribution in [0.5, 0.6) is 17.2 Å². The topological polar surface area (TPSA) is 69.2 Å². The van der Waals surface area contributed by atoms with Crippen LogP contribution in [0.1, 0.15) is 21.5 Å². The maximum absolute atomic E-state index is 12.5. The molecule has 3 rings (SSSR count). The summed E-state index contributed by atoms with van der Waals surface area (Å²) in [5, 5.41) is 4.71. The molecular weight excluding hydrogens is 404 g/mol. The number of hydrogen-bond acceptors (Lipinski definition) is 5. The Morgan fingerprint density at radius 3 is 2.60 bits per heavy atom. The molecule has 0 radical (unpaired) electrons. The number of nitrogens with zero attached hydrogens (tertiary/aromatic N) is 1. The standard InChI is InChI=1S/C23H21ClN2O4/c1-28-19-10-11-20(22(13-19)29-2)23(27)26-25-14-17-7-3-4-9-21(17)30-15-16-6-5-8-18(24)12-16/h3-14H,15H2,1-2H3,(H,26,27). The molecule has 0 aromatic heterocycles. The molecule has 0 unspecified atom stereocenters. The number of para-hydroxylation sites is 1. The van der Waals surface area contributed by atoms with E-state index in [4.69, 9.17) is 25.8 Å². The highest BCUT2D eigenvalue weighted by Gasteiger charge is 2.12. The maximum Gasteiger partial charge on any atom is 0.275 e. The molecule has 6 nitrogen and oxygen atoms in total. The summed E-state index contributed by atoms with van der Waals surface area (Å²) in [5.74, 6) is 1.23. The van der Waals surface area contributed by atoms with Gasteiger partial charge in [0.05, 0.1) is 26.0 Å². The molecule has 30 heavy (non-hydrogen) atoms. The van der Waals surface area contributed by atoms with Crippen molar-refractivity contribution < 1.29 is 19.0 Å². The lowest BCUT2D eigenvalue weighted by molar-refractivity contribution is 0.0952. The summed E-state index contributed by atoms with van der Waals surface area (Å²) >= 11 is 6.01. The van der Waals surface area contributed by atoms with E-state index in [-0.39, 0.29) is 0 Å². The number of methoxy groups -OCH3 is 2. The number of hydrogen-bond donors (Lipinski definition) is 1. The summed E-state index contributed by atoms with van der Waals surface area (Å²) in [6, 6.07) is 19.8. The molecule has 0 atom stereocenters. The molecule has 0 saturated heterocycles. The normalized spacial score (nSPS) is 10.6. The third-order valence-electron chi connectivity index (χ3n) is 4.23. The number of nitrogens with one attached hydrogen (secondary N) is 1. The third-order valence-corrected chi connectivity index (χ3v) is 4.46. The highest BCUT2D eigenvalue weighted by Crippen LogP contribution is 2.24. The van der Waals surface area contributed by atoms with Crippen molar-refractivity contribution in [1.82, 2.24) is 5.43 Å². The molecular formula is C23H21ClN2O4. The zero-order valence-corrected chi connectivity index (χ0v) is 17.3. The van der Waals surface area contributed by atoms with Gasteiger partial charge in [0.15, 0.2) is 0 Å². The van der Waals surface area contributed by atoms with Crippen molar-refractivity contribution in [3.8, 4) is 17.2 Å². The predicted molar refractivity (Wildman–Crippen MR) is 117 cm³/mol. The molecule has 0 aliphatic heterocycles. The van der Waals surface area contributed by atoms with Gasteiger partial charge in [0, 0.05) is 16.7 Å². The summed E-state index contributed by atoms with van der Waals surface area (Å²) < 4.78 is 16.3. The van der Waals surface area contributed by atoms with Gasteiger partial charge in [-0.25, -0.2) is 5.43 Å². The Bertz CT molecular complexity index is 1050. The summed E-state index contributed by atoms with van der Waals surface area (Å²) in [6.45, 7) is 0.362. The van der Waals surface area contributed by atoms with Crippen LogP contribution >= 0.6 is 11.6 Å². The molecule has 154 valence electrons. The first kappa shape index (κ1) is 21.2. The van der Waals surface area contributed by atoms with Crippen LogP contribution in [-0.4, -0.2) is 26.3 Å². The second-order valence-corrected chi connectivity index (χ2v) is 6.66. The summed E-state index contributed by atoms with van der Waals surface area (Å²) in [4.78, 5) is 12.5. The van der Waals surface area contributed by atoms with Crippen molar-refractivity contribution >= 4 is 23.7 Å². The number of carbonyl (C=O) groups excluding carboxylic acids is 1. The van der Waals surface area contributed by atoms with E-state index in [1.54, 1.807) is 25.3 Å². The SMILES string of the molecule is COc1ccc(C(=O)NN=Cc2ccccc2OCc2cccc(Cl)c2)c(OC)c1. The van der Waals surface area contributed by atoms with Crippen LogP contribution in [0, 0.1) is 0 Å². The summed E-state index contributed by atoms with van der Waals surface area (Å²) in [7, 11) is 3.03. The van der Waals surface area contributed by atoms with E-state index >= 15 is 0 Å². The third kappa shape index (κ3) is 5.52. The van der Waals surface area contributed by atoms with Gasteiger partial charge in [0.2, 0.25) is 0 Å². The van der Waals surface area contributed by atoms with Gasteiger partial charge in [-0.05, 0) is 42.0 Å². The highest BCUT2D eigenvalue weighted by molar-refractivity contribution is 6.30. The van der Waals surface area contributed by atoms with Crippen LogP contribution in [0.2, 0.25) is 5.02 Å². The van der Waals surface area contributed by atoms with Gasteiger partial charge < -0.3 is 14.2 Å². The minimum absolute atomic E-state index is 0.348. The summed E-state index contributed by atoms with van der Waals surface area (Å²) in [5.41, 5.74) is 4.53. The number of rotatable bonds is 8. The minimum atomic E-state index is -0.400. The Kier molecular flexibility index (Phi) is 7.29. The van der Waals surface area contributed by atoms with E-state index < -0.39 is 5.91 Å². The zero-order chi connectivity index (χ0) is 21.3. The van der Waals surface area contributed by atoms with E-state index in [1.807, 2.05) is 48.5 Å². The van der Waals surface area contributed by atoms with Crippen molar-refractivity contribution in [3.05, 3.63) is 88.4 Å². The molecule has 0 aliphatic carbocycles. The van der Waals surface area contributed by atoms with Gasteiger partial charge in [-0.15, -0.1) is 0 Å². The quantitative estimate of drug-likeness (QED) is 0.420. The van der Waals surface area contributed by atoms with E-state index in [1.165, 1.54) is 13.3 Å². The van der Waals surface area contributed by atoms with Crippen LogP contribution in [0.25, 0.3) is 0 Å². The van der Waals surface area contributed by atoms with Crippen LogP contribution in [0.4, 0.5) is 0 Å². The van der Waals surface area contributed by atoms with E-state index in [0.717, 1.165) is 11.1 Å². The number of hydrazone groups is 1. The first-order valence-corrected chi connectivity index (χ1v) is 9.50. The van der Waals surface area contributed by atoms with Crippen LogP contribution in [0.15, 0.2) is 71.8 Å². The lowest BCUT2D eigenvalue weighted by atomic mass is 10.2. The second kappa shape index (κ2) is 10.3. The van der Waals surface area contributed by atoms with Crippen molar-refractivity contribution in [2.24, 2.45) is 5.10 Å². The van der Waals surface area contributed by atoms with Gasteiger partial charge in [-0.2, -0.15) is 5.10 Å². The van der Waals surface area contributed by atoms with E-state index in [2.05, 4.69) is 10.5 Å². The Morgan fingerprint density at radius 2 is 1.83 bits per heavy atom. The van der Waals surface area contributed by atoms with Gasteiger partial charge in [0.25, 0.3) is 5.91 Å². The number of benzene rings is 3. The largest absolute Gasteiger partial charge is 0.497 e. The average molecular weight is 425 g/mol. The molecule has 0 saturated carbocycles. The Balaban J connectivity index is 1.67. The van der Waals surface area contributed by atoms with Crippen molar-refractivity contribution in [1.29, 1.82) is 0 Å². The molecule has 0 spiro atoms. The molecule has 3 aromatic carbocycles. The van der Waals surface area contributed by atoms with Gasteiger partial charge in [-0.1, -0.05) is 35.9 Å². The van der Waals surface area contributed by atoms with Crippen molar-refractivity contribution in [3.63, 3.8) is 0 Å². The minimum Gasteiger partial charge on any atom is -0.497 e. The molecule has 1 amide bonds. The number of carbonyl (C=O) groups is 1. The molecule has 7 heteroatoms. The van der Waals surface area contributed by atoms with Crippen LogP contribution < -0.4 is 19.6 Å². The molecule has 0 bridgehead atoms.